The summed E-state index contributed by atoms with van der Waals surface area (Å²) in [5.41, 5.74) is 1.08. The van der Waals surface area contributed by atoms with Crippen molar-refractivity contribution in [2.24, 2.45) is 0 Å². The minimum Gasteiger partial charge on any atom is -0.483 e. The van der Waals surface area contributed by atoms with E-state index in [-0.39, 0.29) is 18.6 Å². The Kier molecular flexibility index (Phi) is 5.02. The zero-order chi connectivity index (χ0) is 18.6. The third kappa shape index (κ3) is 3.78. The standard InChI is InChI=1S/C20H21N3O4/c1-25-15-7-4-10-23(12-15)20(24)17-11-16(27-22-17)13-26-18-8-2-5-14-6-3-9-21-19(14)18/h2-3,5-6,8-9,11,15H,4,7,10,12-13H2,1H3. The molecule has 1 aromatic carbocycles. The quantitative estimate of drug-likeness (QED) is 0.690. The first-order valence-corrected chi connectivity index (χ1v) is 8.99. The number of amides is 1. The van der Waals surface area contributed by atoms with Gasteiger partial charge in [-0.3, -0.25) is 9.78 Å². The molecule has 1 aliphatic heterocycles. The highest BCUT2D eigenvalue weighted by Crippen LogP contribution is 2.24. The van der Waals surface area contributed by atoms with Crippen LogP contribution in [0, 0.1) is 0 Å². The molecule has 7 heteroatoms. The first-order valence-electron chi connectivity index (χ1n) is 8.99. The fourth-order valence-corrected chi connectivity index (χ4v) is 3.30. The summed E-state index contributed by atoms with van der Waals surface area (Å²) in [6.45, 7) is 1.46. The molecule has 3 heterocycles. The molecule has 1 unspecified atom stereocenters. The number of methoxy groups -OCH3 is 1. The number of aromatic nitrogens is 2. The Balaban J connectivity index is 1.43. The number of carbonyl (C=O) groups is 1. The number of para-hydroxylation sites is 1. The Labute approximate surface area is 156 Å². The highest BCUT2D eigenvalue weighted by atomic mass is 16.5. The molecule has 2 aromatic heterocycles. The number of carbonyl (C=O) groups excluding carboxylic acids is 1. The maximum Gasteiger partial charge on any atom is 0.276 e. The molecule has 1 amide bonds. The van der Waals surface area contributed by atoms with E-state index >= 15 is 0 Å². The molecule has 0 N–H and O–H groups in total. The van der Waals surface area contributed by atoms with E-state index < -0.39 is 0 Å². The molecule has 1 aliphatic rings. The van der Waals surface area contributed by atoms with E-state index in [1.54, 1.807) is 24.3 Å². The maximum atomic E-state index is 12.6. The van der Waals surface area contributed by atoms with E-state index in [2.05, 4.69) is 10.1 Å². The van der Waals surface area contributed by atoms with E-state index in [0.717, 1.165) is 23.7 Å². The summed E-state index contributed by atoms with van der Waals surface area (Å²) in [6.07, 6.45) is 3.70. The Morgan fingerprint density at radius 1 is 1.33 bits per heavy atom. The fourth-order valence-electron chi connectivity index (χ4n) is 3.30. The average Bonchev–Trinajstić information content (AvgIpc) is 3.20. The highest BCUT2D eigenvalue weighted by molar-refractivity contribution is 5.92. The molecule has 7 nitrogen and oxygen atoms in total. The van der Waals surface area contributed by atoms with E-state index in [9.17, 15) is 4.79 Å². The van der Waals surface area contributed by atoms with Gasteiger partial charge in [0.15, 0.2) is 11.5 Å². The summed E-state index contributed by atoms with van der Waals surface area (Å²) >= 11 is 0. The normalized spacial score (nSPS) is 17.2. The predicted octanol–water partition coefficient (Wildman–Crippen LogP) is 3.05. The summed E-state index contributed by atoms with van der Waals surface area (Å²) in [7, 11) is 1.67. The van der Waals surface area contributed by atoms with Crippen LogP contribution in [-0.4, -0.2) is 47.3 Å². The van der Waals surface area contributed by atoms with Gasteiger partial charge in [-0.05, 0) is 25.0 Å². The zero-order valence-electron chi connectivity index (χ0n) is 15.1. The fraction of sp³-hybridized carbons (Fsp3) is 0.350. The van der Waals surface area contributed by atoms with Crippen molar-refractivity contribution in [1.29, 1.82) is 0 Å². The van der Waals surface area contributed by atoms with Crippen molar-refractivity contribution in [3.05, 3.63) is 54.0 Å². The number of ether oxygens (including phenoxy) is 2. The molecule has 1 fully saturated rings. The Bertz CT molecular complexity index is 934. The second-order valence-electron chi connectivity index (χ2n) is 6.55. The third-order valence-corrected chi connectivity index (χ3v) is 4.74. The number of likely N-dealkylation sites (tertiary alicyclic amines) is 1. The molecule has 1 atom stereocenters. The maximum absolute atomic E-state index is 12.6. The smallest absolute Gasteiger partial charge is 0.276 e. The van der Waals surface area contributed by atoms with Gasteiger partial charge in [0.25, 0.3) is 5.91 Å². The van der Waals surface area contributed by atoms with Crippen LogP contribution in [0.3, 0.4) is 0 Å². The molecule has 0 radical (unpaired) electrons. The zero-order valence-corrected chi connectivity index (χ0v) is 15.1. The molecule has 140 valence electrons. The van der Waals surface area contributed by atoms with E-state index in [4.69, 9.17) is 14.0 Å². The second-order valence-corrected chi connectivity index (χ2v) is 6.55. The Morgan fingerprint density at radius 2 is 2.22 bits per heavy atom. The molecular formula is C20H21N3O4. The SMILES string of the molecule is COC1CCCN(C(=O)c2cc(COc3cccc4cccnc34)on2)C1. The van der Waals surface area contributed by atoms with Gasteiger partial charge >= 0.3 is 0 Å². The summed E-state index contributed by atoms with van der Waals surface area (Å²) in [6, 6.07) is 11.2. The largest absolute Gasteiger partial charge is 0.483 e. The van der Waals surface area contributed by atoms with Gasteiger partial charge in [0.1, 0.15) is 17.9 Å². The van der Waals surface area contributed by atoms with Crippen LogP contribution in [0.5, 0.6) is 5.75 Å². The van der Waals surface area contributed by atoms with Crippen LogP contribution in [-0.2, 0) is 11.3 Å². The Morgan fingerprint density at radius 3 is 3.11 bits per heavy atom. The number of hydrogen-bond donors (Lipinski definition) is 0. The van der Waals surface area contributed by atoms with Crippen molar-refractivity contribution in [3.8, 4) is 5.75 Å². The van der Waals surface area contributed by atoms with Gasteiger partial charge in [0.05, 0.1) is 6.10 Å². The average molecular weight is 367 g/mol. The van der Waals surface area contributed by atoms with Gasteiger partial charge in [0, 0.05) is 37.8 Å². The minimum absolute atomic E-state index is 0.0799. The van der Waals surface area contributed by atoms with Crippen molar-refractivity contribution < 1.29 is 18.8 Å². The molecule has 0 bridgehead atoms. The lowest BCUT2D eigenvalue weighted by Crippen LogP contribution is -2.43. The van der Waals surface area contributed by atoms with Crippen LogP contribution in [0.15, 0.2) is 47.1 Å². The molecular weight excluding hydrogens is 346 g/mol. The number of rotatable bonds is 5. The van der Waals surface area contributed by atoms with Crippen LogP contribution in [0.4, 0.5) is 0 Å². The summed E-state index contributed by atoms with van der Waals surface area (Å²) in [4.78, 5) is 18.7. The first-order chi connectivity index (χ1) is 13.2. The van der Waals surface area contributed by atoms with Gasteiger partial charge in [-0.25, -0.2) is 0 Å². The molecule has 0 spiro atoms. The lowest BCUT2D eigenvalue weighted by Gasteiger charge is -2.31. The topological polar surface area (TPSA) is 77.7 Å². The highest BCUT2D eigenvalue weighted by Gasteiger charge is 2.26. The van der Waals surface area contributed by atoms with Gasteiger partial charge in [-0.15, -0.1) is 0 Å². The monoisotopic (exact) mass is 367 g/mol. The number of benzene rings is 1. The molecule has 0 aliphatic carbocycles. The van der Waals surface area contributed by atoms with E-state index in [0.29, 0.717) is 30.3 Å². The predicted molar refractivity (Wildman–Crippen MR) is 98.5 cm³/mol. The van der Waals surface area contributed by atoms with Gasteiger partial charge in [0.2, 0.25) is 0 Å². The number of hydrogen-bond acceptors (Lipinski definition) is 6. The van der Waals surface area contributed by atoms with Crippen molar-refractivity contribution in [3.63, 3.8) is 0 Å². The number of nitrogens with zero attached hydrogens (tertiary/aromatic N) is 3. The van der Waals surface area contributed by atoms with Gasteiger partial charge < -0.3 is 18.9 Å². The van der Waals surface area contributed by atoms with Crippen LogP contribution in [0.1, 0.15) is 29.1 Å². The molecule has 27 heavy (non-hydrogen) atoms. The van der Waals surface area contributed by atoms with Gasteiger partial charge in [-0.1, -0.05) is 23.4 Å². The molecule has 1 saturated heterocycles. The minimum atomic E-state index is -0.140. The Hall–Kier alpha value is -2.93. The third-order valence-electron chi connectivity index (χ3n) is 4.74. The van der Waals surface area contributed by atoms with E-state index in [1.165, 1.54) is 0 Å². The molecule has 3 aromatic rings. The second kappa shape index (κ2) is 7.75. The number of piperidine rings is 1. The summed E-state index contributed by atoms with van der Waals surface area (Å²) in [5.74, 6) is 1.02. The van der Waals surface area contributed by atoms with Crippen LogP contribution in [0.2, 0.25) is 0 Å². The number of pyridine rings is 1. The first kappa shape index (κ1) is 17.5. The van der Waals surface area contributed by atoms with Gasteiger partial charge in [-0.2, -0.15) is 0 Å². The summed E-state index contributed by atoms with van der Waals surface area (Å²) < 4.78 is 16.5. The number of fused-ring (bicyclic) bond motifs is 1. The van der Waals surface area contributed by atoms with Crippen LogP contribution >= 0.6 is 0 Å². The van der Waals surface area contributed by atoms with Crippen molar-refractivity contribution in [2.45, 2.75) is 25.6 Å². The van der Waals surface area contributed by atoms with Crippen molar-refractivity contribution in [2.75, 3.05) is 20.2 Å². The molecule has 0 saturated carbocycles. The van der Waals surface area contributed by atoms with Crippen molar-refractivity contribution >= 4 is 16.8 Å². The molecule has 4 rings (SSSR count). The van der Waals surface area contributed by atoms with Crippen LogP contribution < -0.4 is 4.74 Å². The lowest BCUT2D eigenvalue weighted by molar-refractivity contribution is 0.0263. The van der Waals surface area contributed by atoms with Crippen LogP contribution in [0.25, 0.3) is 10.9 Å². The van der Waals surface area contributed by atoms with E-state index in [1.807, 2.05) is 30.3 Å². The summed E-state index contributed by atoms with van der Waals surface area (Å²) in [5, 5.41) is 4.92. The lowest BCUT2D eigenvalue weighted by atomic mass is 10.1. The van der Waals surface area contributed by atoms with Crippen molar-refractivity contribution in [1.82, 2.24) is 15.0 Å².